The van der Waals surface area contributed by atoms with Crippen LogP contribution >= 0.6 is 0 Å². The van der Waals surface area contributed by atoms with Gasteiger partial charge < -0.3 is 31.2 Å². The number of carbonyl (C=O) groups excluding carboxylic acids is 2. The maximum absolute atomic E-state index is 13.1. The van der Waals surface area contributed by atoms with E-state index in [9.17, 15) is 9.59 Å². The predicted molar refractivity (Wildman–Crippen MR) is 138 cm³/mol. The highest BCUT2D eigenvalue weighted by molar-refractivity contribution is 6.07. The highest BCUT2D eigenvalue weighted by Crippen LogP contribution is 2.26. The molecule has 2 radical (unpaired) electrons. The van der Waals surface area contributed by atoms with Crippen LogP contribution in [0.3, 0.4) is 0 Å². The first-order chi connectivity index (χ1) is 17.5. The Hall–Kier alpha value is -4.03. The van der Waals surface area contributed by atoms with E-state index >= 15 is 0 Å². The number of rotatable bonds is 9. The van der Waals surface area contributed by atoms with E-state index in [0.717, 1.165) is 16.8 Å². The molecule has 1 fully saturated rings. The average molecular weight is 486 g/mol. The summed E-state index contributed by atoms with van der Waals surface area (Å²) in [5, 5.41) is 8.13. The fourth-order valence-corrected chi connectivity index (χ4v) is 3.76. The zero-order chi connectivity index (χ0) is 25.3. The SMILES string of the molecule is [B]NCCNC(=O)Cc1ccc(-c2cnc(N)c(C(=O)Nc3cnccc3N3CCOCC3)n2)cc1. The number of anilines is 3. The third-order valence-corrected chi connectivity index (χ3v) is 5.62. The lowest BCUT2D eigenvalue weighted by atomic mass is 10.1. The van der Waals surface area contributed by atoms with Crippen LogP contribution in [0.1, 0.15) is 16.1 Å². The predicted octanol–water partition coefficient (Wildman–Crippen LogP) is 0.542. The number of hydrogen-bond acceptors (Lipinski definition) is 9. The lowest BCUT2D eigenvalue weighted by Gasteiger charge is -2.30. The van der Waals surface area contributed by atoms with Crippen LogP contribution in [0.5, 0.6) is 0 Å². The lowest BCUT2D eigenvalue weighted by Crippen LogP contribution is -2.36. The Morgan fingerprint density at radius 1 is 1.08 bits per heavy atom. The van der Waals surface area contributed by atoms with E-state index < -0.39 is 5.91 Å². The van der Waals surface area contributed by atoms with Gasteiger partial charge in [-0.05, 0) is 11.6 Å². The number of pyridine rings is 1. The molecule has 0 bridgehead atoms. The number of hydrogen-bond donors (Lipinski definition) is 4. The van der Waals surface area contributed by atoms with E-state index in [4.69, 9.17) is 18.5 Å². The van der Waals surface area contributed by atoms with Crippen LogP contribution < -0.4 is 26.5 Å². The third kappa shape index (κ3) is 6.35. The summed E-state index contributed by atoms with van der Waals surface area (Å²) in [5.74, 6) is -0.561. The van der Waals surface area contributed by atoms with E-state index in [2.05, 4.69) is 35.7 Å². The van der Waals surface area contributed by atoms with Gasteiger partial charge in [-0.2, -0.15) is 0 Å². The first-order valence-corrected chi connectivity index (χ1v) is 11.5. The van der Waals surface area contributed by atoms with Gasteiger partial charge >= 0.3 is 0 Å². The summed E-state index contributed by atoms with van der Waals surface area (Å²) >= 11 is 0. The minimum Gasteiger partial charge on any atom is -0.382 e. The maximum atomic E-state index is 13.1. The molecule has 1 aliphatic rings. The zero-order valence-corrected chi connectivity index (χ0v) is 19.7. The molecule has 0 saturated carbocycles. The van der Waals surface area contributed by atoms with Crippen LogP contribution in [0.4, 0.5) is 17.2 Å². The molecule has 36 heavy (non-hydrogen) atoms. The van der Waals surface area contributed by atoms with Gasteiger partial charge in [-0.3, -0.25) is 14.6 Å². The summed E-state index contributed by atoms with van der Waals surface area (Å²) < 4.78 is 5.42. The van der Waals surface area contributed by atoms with Crippen molar-refractivity contribution in [3.8, 4) is 11.3 Å². The topological polar surface area (TPSA) is 147 Å². The van der Waals surface area contributed by atoms with Gasteiger partial charge in [0.1, 0.15) is 0 Å². The Balaban J connectivity index is 1.47. The highest BCUT2D eigenvalue weighted by Gasteiger charge is 2.20. The number of nitrogens with one attached hydrogen (secondary N) is 3. The lowest BCUT2D eigenvalue weighted by molar-refractivity contribution is -0.120. The van der Waals surface area contributed by atoms with Gasteiger partial charge in [0, 0.05) is 37.9 Å². The maximum Gasteiger partial charge on any atom is 0.278 e. The molecule has 5 N–H and O–H groups in total. The average Bonchev–Trinajstić information content (AvgIpc) is 2.90. The van der Waals surface area contributed by atoms with Gasteiger partial charge in [-0.25, -0.2) is 9.97 Å². The second-order valence-electron chi connectivity index (χ2n) is 8.11. The first kappa shape index (κ1) is 25.1. The van der Waals surface area contributed by atoms with Crippen LogP contribution in [0.15, 0.2) is 48.9 Å². The highest BCUT2D eigenvalue weighted by atomic mass is 16.5. The Kier molecular flexibility index (Phi) is 8.42. The number of benzene rings is 1. The molecule has 12 heteroatoms. The molecule has 1 aliphatic heterocycles. The molecule has 2 aromatic heterocycles. The van der Waals surface area contributed by atoms with Crippen molar-refractivity contribution >= 4 is 37.0 Å². The van der Waals surface area contributed by atoms with Gasteiger partial charge in [0.05, 0.1) is 49.1 Å². The summed E-state index contributed by atoms with van der Waals surface area (Å²) in [4.78, 5) is 40.0. The molecule has 1 saturated heterocycles. The second kappa shape index (κ2) is 12.1. The van der Waals surface area contributed by atoms with Gasteiger partial charge in [-0.1, -0.05) is 24.3 Å². The van der Waals surface area contributed by atoms with Crippen molar-refractivity contribution < 1.29 is 14.3 Å². The second-order valence-corrected chi connectivity index (χ2v) is 8.11. The Labute approximate surface area is 210 Å². The Morgan fingerprint density at radius 2 is 1.86 bits per heavy atom. The normalized spacial score (nSPS) is 13.3. The molecule has 3 heterocycles. The van der Waals surface area contributed by atoms with Crippen molar-refractivity contribution in [2.24, 2.45) is 0 Å². The number of carbonyl (C=O) groups is 2. The molecule has 1 aromatic carbocycles. The quantitative estimate of drug-likeness (QED) is 0.251. The number of nitrogen functional groups attached to an aromatic ring is 1. The van der Waals surface area contributed by atoms with Crippen molar-refractivity contribution in [1.82, 2.24) is 25.5 Å². The number of nitrogens with two attached hydrogens (primary N) is 1. The van der Waals surface area contributed by atoms with Crippen LogP contribution in [0, 0.1) is 0 Å². The monoisotopic (exact) mass is 486 g/mol. The molecule has 11 nitrogen and oxygen atoms in total. The molecule has 0 spiro atoms. The number of ether oxygens (including phenoxy) is 1. The van der Waals surface area contributed by atoms with Crippen molar-refractivity contribution in [1.29, 1.82) is 0 Å². The molecule has 4 rings (SSSR count). The molecule has 2 amide bonds. The Morgan fingerprint density at radius 3 is 2.61 bits per heavy atom. The molecule has 184 valence electrons. The summed E-state index contributed by atoms with van der Waals surface area (Å²) in [6.45, 7) is 3.61. The molecular formula is C24H27BN8O3. The minimum absolute atomic E-state index is 0.0150. The fourth-order valence-electron chi connectivity index (χ4n) is 3.76. The van der Waals surface area contributed by atoms with E-state index in [0.29, 0.717) is 50.8 Å². The summed E-state index contributed by atoms with van der Waals surface area (Å²) in [6.07, 6.45) is 5.02. The van der Waals surface area contributed by atoms with Crippen LogP contribution in [0.25, 0.3) is 11.3 Å². The van der Waals surface area contributed by atoms with Crippen molar-refractivity contribution in [2.45, 2.75) is 6.42 Å². The molecule has 0 aliphatic carbocycles. The summed E-state index contributed by atoms with van der Waals surface area (Å²) in [5.41, 5.74) is 9.48. The summed E-state index contributed by atoms with van der Waals surface area (Å²) in [6, 6.07) is 9.16. The number of nitrogens with zero attached hydrogens (tertiary/aromatic N) is 4. The smallest absolute Gasteiger partial charge is 0.278 e. The standard InChI is InChI=1S/C24H27BN8O3/c25-30-8-7-28-21(34)13-16-1-3-17(4-2-16)18-15-29-23(26)22(31-18)24(35)32-19-14-27-6-5-20(19)33-9-11-36-12-10-33/h1-6,14-15,30H,7-13H2,(H2,26,29)(H,28,34)(H,32,35). The van der Waals surface area contributed by atoms with Crippen molar-refractivity contribution in [3.05, 3.63) is 60.2 Å². The third-order valence-electron chi connectivity index (χ3n) is 5.62. The van der Waals surface area contributed by atoms with Crippen molar-refractivity contribution in [3.63, 3.8) is 0 Å². The van der Waals surface area contributed by atoms with E-state index in [-0.39, 0.29) is 23.8 Å². The Bertz CT molecular complexity index is 1200. The fraction of sp³-hybridized carbons (Fsp3) is 0.292. The van der Waals surface area contributed by atoms with Gasteiger partial charge in [0.15, 0.2) is 19.5 Å². The molecule has 0 atom stereocenters. The van der Waals surface area contributed by atoms with Crippen LogP contribution in [-0.4, -0.2) is 74.1 Å². The molecule has 0 unspecified atom stereocenters. The number of morpholine rings is 1. The zero-order valence-electron chi connectivity index (χ0n) is 19.7. The van der Waals surface area contributed by atoms with Gasteiger partial charge in [0.25, 0.3) is 5.91 Å². The van der Waals surface area contributed by atoms with E-state index in [1.54, 1.807) is 12.4 Å². The van der Waals surface area contributed by atoms with Crippen LogP contribution in [-0.2, 0) is 16.0 Å². The van der Waals surface area contributed by atoms with Crippen LogP contribution in [0.2, 0.25) is 0 Å². The van der Waals surface area contributed by atoms with Gasteiger partial charge in [0.2, 0.25) is 5.91 Å². The minimum atomic E-state index is -0.482. The summed E-state index contributed by atoms with van der Waals surface area (Å²) in [7, 11) is 5.20. The largest absolute Gasteiger partial charge is 0.382 e. The molecular weight excluding hydrogens is 459 g/mol. The number of amides is 2. The van der Waals surface area contributed by atoms with Gasteiger partial charge in [-0.15, -0.1) is 0 Å². The molecule has 3 aromatic rings. The first-order valence-electron chi connectivity index (χ1n) is 11.5. The van der Waals surface area contributed by atoms with E-state index in [1.807, 2.05) is 30.3 Å². The number of aromatic nitrogens is 3. The van der Waals surface area contributed by atoms with E-state index in [1.165, 1.54) is 6.20 Å². The van der Waals surface area contributed by atoms with Crippen molar-refractivity contribution in [2.75, 3.05) is 55.3 Å².